The van der Waals surface area contributed by atoms with Crippen LogP contribution in [0.1, 0.15) is 35.8 Å². The van der Waals surface area contributed by atoms with E-state index < -0.39 is 6.10 Å². The second-order valence-electron chi connectivity index (χ2n) is 5.52. The monoisotopic (exact) mass is 276 g/mol. The predicted octanol–water partition coefficient (Wildman–Crippen LogP) is 3.55. The van der Waals surface area contributed by atoms with Gasteiger partial charge in [-0.05, 0) is 23.6 Å². The van der Waals surface area contributed by atoms with Gasteiger partial charge in [0.2, 0.25) is 0 Å². The normalized spacial score (nSPS) is 17.3. The highest BCUT2D eigenvalue weighted by Crippen LogP contribution is 2.42. The molecule has 2 aromatic carbocycles. The molecule has 0 saturated carbocycles. The van der Waals surface area contributed by atoms with Gasteiger partial charge in [0.25, 0.3) is 0 Å². The minimum Gasteiger partial charge on any atom is -0.389 e. The Morgan fingerprint density at radius 3 is 2.86 bits per heavy atom. The molecule has 1 aromatic heterocycles. The van der Waals surface area contributed by atoms with Gasteiger partial charge in [0.15, 0.2) is 0 Å². The number of hydrogen-bond donors (Lipinski definition) is 1. The molecule has 0 radical (unpaired) electrons. The number of rotatable bonds is 2. The number of aliphatic hydroxyl groups is 1. The largest absolute Gasteiger partial charge is 0.389 e. The zero-order chi connectivity index (χ0) is 14.4. The molecule has 0 spiro atoms. The first kappa shape index (κ1) is 12.4. The van der Waals surface area contributed by atoms with E-state index >= 15 is 0 Å². The summed E-state index contributed by atoms with van der Waals surface area (Å²) in [6.45, 7) is 1.80. The first-order valence-corrected chi connectivity index (χ1v) is 7.15. The minimum absolute atomic E-state index is 0.136. The second kappa shape index (κ2) is 4.57. The van der Waals surface area contributed by atoms with Gasteiger partial charge in [0, 0.05) is 5.56 Å². The molecule has 0 saturated heterocycles. The van der Waals surface area contributed by atoms with Crippen molar-refractivity contribution in [2.45, 2.75) is 19.1 Å². The zero-order valence-electron chi connectivity index (χ0n) is 11.8. The number of aromatic nitrogens is 2. The lowest BCUT2D eigenvalue weighted by Crippen LogP contribution is -2.07. The van der Waals surface area contributed by atoms with Gasteiger partial charge in [-0.2, -0.15) is 0 Å². The van der Waals surface area contributed by atoms with Crippen molar-refractivity contribution in [1.82, 2.24) is 9.55 Å². The molecule has 2 atom stereocenters. The van der Waals surface area contributed by atoms with Crippen LogP contribution in [0.15, 0.2) is 61.1 Å². The highest BCUT2D eigenvalue weighted by atomic mass is 16.3. The third-order valence-corrected chi connectivity index (χ3v) is 4.18. The molecular formula is C18H16N2O. The molecule has 0 unspecified atom stereocenters. The highest BCUT2D eigenvalue weighted by molar-refractivity contribution is 5.70. The Bertz CT molecular complexity index is 804. The number of imidazole rings is 1. The van der Waals surface area contributed by atoms with Crippen molar-refractivity contribution in [2.24, 2.45) is 0 Å². The van der Waals surface area contributed by atoms with Crippen molar-refractivity contribution in [2.75, 3.05) is 0 Å². The van der Waals surface area contributed by atoms with Crippen LogP contribution in [0.5, 0.6) is 0 Å². The van der Waals surface area contributed by atoms with Crippen molar-refractivity contribution in [1.29, 1.82) is 0 Å². The second-order valence-corrected chi connectivity index (χ2v) is 5.52. The maximum Gasteiger partial charge on any atom is 0.0959 e. The van der Waals surface area contributed by atoms with Crippen molar-refractivity contribution in [3.8, 4) is 11.3 Å². The minimum atomic E-state index is -0.455. The van der Waals surface area contributed by atoms with Crippen molar-refractivity contribution in [3.05, 3.63) is 77.7 Å². The highest BCUT2D eigenvalue weighted by Gasteiger charge is 2.29. The molecule has 0 fully saturated rings. The lowest BCUT2D eigenvalue weighted by Gasteiger charge is -2.17. The molecule has 3 heteroatoms. The molecule has 3 aromatic rings. The molecular weight excluding hydrogens is 260 g/mol. The fourth-order valence-electron chi connectivity index (χ4n) is 3.17. The van der Waals surface area contributed by atoms with Gasteiger partial charge < -0.3 is 9.67 Å². The van der Waals surface area contributed by atoms with Crippen LogP contribution in [-0.4, -0.2) is 14.7 Å². The van der Waals surface area contributed by atoms with E-state index in [0.29, 0.717) is 0 Å². The van der Waals surface area contributed by atoms with E-state index in [9.17, 15) is 5.11 Å². The van der Waals surface area contributed by atoms with Crippen LogP contribution >= 0.6 is 0 Å². The van der Waals surface area contributed by atoms with Gasteiger partial charge in [-0.1, -0.05) is 48.5 Å². The zero-order valence-corrected chi connectivity index (χ0v) is 11.8. The van der Waals surface area contributed by atoms with E-state index in [4.69, 9.17) is 0 Å². The van der Waals surface area contributed by atoms with Crippen molar-refractivity contribution < 1.29 is 5.11 Å². The lowest BCUT2D eigenvalue weighted by molar-refractivity contribution is 0.199. The van der Waals surface area contributed by atoms with E-state index in [1.165, 1.54) is 16.7 Å². The topological polar surface area (TPSA) is 38.1 Å². The van der Waals surface area contributed by atoms with Crippen LogP contribution in [0, 0.1) is 0 Å². The van der Waals surface area contributed by atoms with E-state index in [0.717, 1.165) is 11.3 Å². The Morgan fingerprint density at radius 1 is 1.14 bits per heavy atom. The Labute approximate surface area is 123 Å². The molecule has 21 heavy (non-hydrogen) atoms. The molecule has 4 rings (SSSR count). The van der Waals surface area contributed by atoms with Crippen LogP contribution in [0.3, 0.4) is 0 Å². The van der Waals surface area contributed by atoms with Crippen LogP contribution in [0.4, 0.5) is 0 Å². The average molecular weight is 276 g/mol. The summed E-state index contributed by atoms with van der Waals surface area (Å²) in [7, 11) is 0. The third kappa shape index (κ3) is 1.82. The van der Waals surface area contributed by atoms with Crippen LogP contribution in [0.25, 0.3) is 11.3 Å². The molecule has 3 nitrogen and oxygen atoms in total. The average Bonchev–Trinajstić information content (AvgIpc) is 3.07. The smallest absolute Gasteiger partial charge is 0.0959 e. The molecule has 0 amide bonds. The molecule has 1 N–H and O–H groups in total. The summed E-state index contributed by atoms with van der Waals surface area (Å²) in [6.07, 6.45) is 3.34. The summed E-state index contributed by atoms with van der Waals surface area (Å²) in [5.41, 5.74) is 5.80. The van der Waals surface area contributed by atoms with Gasteiger partial charge >= 0.3 is 0 Å². The third-order valence-electron chi connectivity index (χ3n) is 4.18. The van der Waals surface area contributed by atoms with Crippen LogP contribution < -0.4 is 0 Å². The SMILES string of the molecule is C[C@H](O)c1cccc([C@@H]2c3ccccc3-c3cncn32)c1. The molecule has 1 aliphatic heterocycles. The Hall–Kier alpha value is -2.39. The fourth-order valence-corrected chi connectivity index (χ4v) is 3.17. The van der Waals surface area contributed by atoms with Gasteiger partial charge in [-0.3, -0.25) is 0 Å². The van der Waals surface area contributed by atoms with Gasteiger partial charge in [0.1, 0.15) is 0 Å². The van der Waals surface area contributed by atoms with E-state index in [-0.39, 0.29) is 6.04 Å². The van der Waals surface area contributed by atoms with E-state index in [2.05, 4.69) is 45.9 Å². The molecule has 104 valence electrons. The Morgan fingerprint density at radius 2 is 2.00 bits per heavy atom. The van der Waals surface area contributed by atoms with Crippen LogP contribution in [0.2, 0.25) is 0 Å². The quantitative estimate of drug-likeness (QED) is 0.608. The number of fused-ring (bicyclic) bond motifs is 3. The first-order chi connectivity index (χ1) is 10.3. The Kier molecular flexibility index (Phi) is 2.69. The number of benzene rings is 2. The standard InChI is InChI=1S/C18H16N2O/c1-12(21)13-5-4-6-14(9-13)18-16-8-3-2-7-15(16)17-10-19-11-20(17)18/h2-12,18,21H,1H3/t12-,18+/m0/s1. The van der Waals surface area contributed by atoms with Gasteiger partial charge in [-0.25, -0.2) is 4.98 Å². The van der Waals surface area contributed by atoms with E-state index in [1.807, 2.05) is 24.7 Å². The summed E-state index contributed by atoms with van der Waals surface area (Å²) >= 11 is 0. The lowest BCUT2D eigenvalue weighted by atomic mass is 9.95. The maximum atomic E-state index is 9.82. The Balaban J connectivity index is 1.91. The number of hydrogen-bond acceptors (Lipinski definition) is 2. The first-order valence-electron chi connectivity index (χ1n) is 7.15. The summed E-state index contributed by atoms with van der Waals surface area (Å²) < 4.78 is 2.20. The maximum absolute atomic E-state index is 9.82. The number of aliphatic hydroxyl groups excluding tert-OH is 1. The summed E-state index contributed by atoms with van der Waals surface area (Å²) in [4.78, 5) is 4.29. The molecule has 2 heterocycles. The van der Waals surface area contributed by atoms with Gasteiger partial charge in [-0.15, -0.1) is 0 Å². The fraction of sp³-hybridized carbons (Fsp3) is 0.167. The predicted molar refractivity (Wildman–Crippen MR) is 82.0 cm³/mol. The van der Waals surface area contributed by atoms with Crippen molar-refractivity contribution in [3.63, 3.8) is 0 Å². The molecule has 1 aliphatic rings. The summed E-state index contributed by atoms with van der Waals surface area (Å²) in [6, 6.07) is 16.7. The molecule has 0 aliphatic carbocycles. The van der Waals surface area contributed by atoms with Crippen LogP contribution in [-0.2, 0) is 0 Å². The summed E-state index contributed by atoms with van der Waals surface area (Å²) in [5.74, 6) is 0. The number of nitrogens with zero attached hydrogens (tertiary/aromatic N) is 2. The molecule has 0 bridgehead atoms. The summed E-state index contributed by atoms with van der Waals surface area (Å²) in [5, 5.41) is 9.82. The van der Waals surface area contributed by atoms with Gasteiger partial charge in [0.05, 0.1) is 30.4 Å². The van der Waals surface area contributed by atoms with E-state index in [1.54, 1.807) is 6.92 Å². The van der Waals surface area contributed by atoms with Crippen molar-refractivity contribution >= 4 is 0 Å².